The van der Waals surface area contributed by atoms with Crippen LogP contribution < -0.4 is 4.57 Å². The number of pyridine rings is 1. The fourth-order valence-electron chi connectivity index (χ4n) is 2.16. The molecule has 84 valence electrons. The van der Waals surface area contributed by atoms with E-state index in [0.717, 1.165) is 21.8 Å². The highest BCUT2D eigenvalue weighted by Crippen LogP contribution is 2.24. The fourth-order valence-corrected chi connectivity index (χ4v) is 2.16. The smallest absolute Gasteiger partial charge is 0.401 e. The van der Waals surface area contributed by atoms with E-state index in [9.17, 15) is 4.79 Å². The molecule has 0 aliphatic heterocycles. The zero-order chi connectivity index (χ0) is 12.0. The van der Waals surface area contributed by atoms with Gasteiger partial charge in [0.05, 0.1) is 0 Å². The first kappa shape index (κ1) is 9.84. The van der Waals surface area contributed by atoms with E-state index in [4.69, 9.17) is 5.11 Å². The number of H-pyrrole nitrogens is 1. The van der Waals surface area contributed by atoms with Crippen LogP contribution in [-0.2, 0) is 7.05 Å². The molecule has 4 heteroatoms. The number of fused-ring (bicyclic) bond motifs is 3. The molecule has 0 amide bonds. The molecule has 0 aliphatic carbocycles. The number of nitrogens with zero attached hydrogens (tertiary/aromatic N) is 1. The fraction of sp³-hybridized carbons (Fsp3) is 0.0769. The number of hydrogen-bond acceptors (Lipinski definition) is 1. The van der Waals surface area contributed by atoms with Crippen molar-refractivity contribution in [3.63, 3.8) is 0 Å². The molecule has 0 spiro atoms. The minimum atomic E-state index is -0.917. The Bertz CT molecular complexity index is 744. The first-order valence-corrected chi connectivity index (χ1v) is 5.30. The van der Waals surface area contributed by atoms with Crippen LogP contribution in [0.2, 0.25) is 0 Å². The number of aromatic nitrogens is 2. The molecule has 1 aromatic carbocycles. The molecule has 4 nitrogen and oxygen atoms in total. The van der Waals surface area contributed by atoms with Crippen molar-refractivity contribution in [1.82, 2.24) is 4.98 Å². The number of benzene rings is 1. The standard InChI is InChI=1S/C13H10N2O2/c1-15-7-11-9(6-12(15)13(16)17)8-4-2-3-5-10(8)14-11/h2-7H,1H3,(H,16,17)/p+1. The van der Waals surface area contributed by atoms with E-state index in [1.54, 1.807) is 23.9 Å². The van der Waals surface area contributed by atoms with E-state index in [0.29, 0.717) is 0 Å². The van der Waals surface area contributed by atoms with Crippen molar-refractivity contribution in [1.29, 1.82) is 0 Å². The molecule has 2 N–H and O–H groups in total. The third kappa shape index (κ3) is 1.38. The number of carbonyl (C=O) groups is 1. The second-order valence-corrected chi connectivity index (χ2v) is 4.07. The van der Waals surface area contributed by atoms with E-state index in [1.165, 1.54) is 0 Å². The molecule has 2 heterocycles. The zero-order valence-electron chi connectivity index (χ0n) is 9.27. The largest absolute Gasteiger partial charge is 0.473 e. The summed E-state index contributed by atoms with van der Waals surface area (Å²) in [5.74, 6) is -0.917. The highest BCUT2D eigenvalue weighted by Gasteiger charge is 2.18. The molecule has 0 radical (unpaired) electrons. The number of para-hydroxylation sites is 1. The van der Waals surface area contributed by atoms with Gasteiger partial charge in [-0.2, -0.15) is 4.57 Å². The molecule has 17 heavy (non-hydrogen) atoms. The summed E-state index contributed by atoms with van der Waals surface area (Å²) in [6.07, 6.45) is 1.80. The average Bonchev–Trinajstić information content (AvgIpc) is 2.64. The van der Waals surface area contributed by atoms with Crippen molar-refractivity contribution in [2.24, 2.45) is 7.05 Å². The number of rotatable bonds is 1. The Balaban J connectivity index is 2.47. The molecule has 2 aromatic heterocycles. The molecule has 0 saturated heterocycles. The lowest BCUT2D eigenvalue weighted by atomic mass is 10.1. The van der Waals surface area contributed by atoms with E-state index < -0.39 is 5.97 Å². The summed E-state index contributed by atoms with van der Waals surface area (Å²) in [6.45, 7) is 0. The summed E-state index contributed by atoms with van der Waals surface area (Å²) in [6, 6.07) is 9.57. The van der Waals surface area contributed by atoms with Gasteiger partial charge in [-0.3, -0.25) is 0 Å². The molecule has 0 unspecified atom stereocenters. The van der Waals surface area contributed by atoms with Crippen LogP contribution in [0.3, 0.4) is 0 Å². The van der Waals surface area contributed by atoms with Gasteiger partial charge >= 0.3 is 5.97 Å². The Labute approximate surface area is 97.1 Å². The van der Waals surface area contributed by atoms with Crippen molar-refractivity contribution in [2.45, 2.75) is 0 Å². The highest BCUT2D eigenvalue weighted by molar-refractivity contribution is 6.07. The van der Waals surface area contributed by atoms with Gasteiger partial charge in [0.25, 0.3) is 5.69 Å². The predicted octanol–water partition coefficient (Wildman–Crippen LogP) is 1.84. The third-order valence-corrected chi connectivity index (χ3v) is 2.98. The molecule has 0 atom stereocenters. The SMILES string of the molecule is C[n+]1cc2[nH]c3ccccc3c2cc1C(=O)O. The number of aromatic carboxylic acids is 1. The Hall–Kier alpha value is -2.36. The maximum atomic E-state index is 11.1. The van der Waals surface area contributed by atoms with Crippen molar-refractivity contribution in [2.75, 3.05) is 0 Å². The lowest BCUT2D eigenvalue weighted by Crippen LogP contribution is -2.35. The van der Waals surface area contributed by atoms with E-state index >= 15 is 0 Å². The van der Waals surface area contributed by atoms with Gasteiger partial charge in [0.2, 0.25) is 0 Å². The first-order chi connectivity index (χ1) is 8.16. The molecule has 3 rings (SSSR count). The lowest BCUT2D eigenvalue weighted by Gasteiger charge is -1.95. The average molecular weight is 227 g/mol. The zero-order valence-corrected chi connectivity index (χ0v) is 9.27. The number of aryl methyl sites for hydroxylation is 1. The van der Waals surface area contributed by atoms with Crippen molar-refractivity contribution >= 4 is 27.8 Å². The topological polar surface area (TPSA) is 57.0 Å². The van der Waals surface area contributed by atoms with Crippen molar-refractivity contribution in [3.05, 3.63) is 42.2 Å². The van der Waals surface area contributed by atoms with Gasteiger partial charge in [0.15, 0.2) is 6.20 Å². The molecule has 0 bridgehead atoms. The summed E-state index contributed by atoms with van der Waals surface area (Å²) in [5, 5.41) is 11.1. The Morgan fingerprint density at radius 1 is 1.24 bits per heavy atom. The molecule has 3 aromatic rings. The van der Waals surface area contributed by atoms with E-state index in [1.807, 2.05) is 24.3 Å². The summed E-state index contributed by atoms with van der Waals surface area (Å²) in [4.78, 5) is 14.4. The van der Waals surface area contributed by atoms with Gasteiger partial charge < -0.3 is 10.1 Å². The number of carboxylic acids is 1. The van der Waals surface area contributed by atoms with Crippen LogP contribution in [-0.4, -0.2) is 16.1 Å². The lowest BCUT2D eigenvalue weighted by molar-refractivity contribution is -0.672. The normalized spacial score (nSPS) is 11.1. The minimum absolute atomic E-state index is 0.280. The molecule has 0 saturated carbocycles. The van der Waals surface area contributed by atoms with Gasteiger partial charge in [-0.05, 0) is 6.07 Å². The van der Waals surface area contributed by atoms with Crippen LogP contribution in [0.1, 0.15) is 10.5 Å². The highest BCUT2D eigenvalue weighted by atomic mass is 16.4. The van der Waals surface area contributed by atoms with E-state index in [-0.39, 0.29) is 5.69 Å². The van der Waals surface area contributed by atoms with Crippen LogP contribution in [0, 0.1) is 0 Å². The number of nitrogens with one attached hydrogen (secondary N) is 1. The third-order valence-electron chi connectivity index (χ3n) is 2.98. The molecular formula is C13H11N2O2+. The minimum Gasteiger partial charge on any atom is -0.473 e. The second-order valence-electron chi connectivity index (χ2n) is 4.07. The number of aromatic amines is 1. The molecule has 0 fully saturated rings. The van der Waals surface area contributed by atoms with Gasteiger partial charge in [-0.25, -0.2) is 4.79 Å². The maximum Gasteiger partial charge on any atom is 0.401 e. The summed E-state index contributed by atoms with van der Waals surface area (Å²) >= 11 is 0. The maximum absolute atomic E-state index is 11.1. The van der Waals surface area contributed by atoms with Gasteiger partial charge in [0, 0.05) is 22.4 Å². The number of hydrogen-bond donors (Lipinski definition) is 2. The Morgan fingerprint density at radius 2 is 2.00 bits per heavy atom. The van der Waals surface area contributed by atoms with Crippen LogP contribution in [0.25, 0.3) is 21.8 Å². The van der Waals surface area contributed by atoms with Gasteiger partial charge in [-0.1, -0.05) is 18.2 Å². The van der Waals surface area contributed by atoms with Crippen LogP contribution in [0.4, 0.5) is 0 Å². The quantitative estimate of drug-likeness (QED) is 0.623. The Morgan fingerprint density at radius 3 is 2.76 bits per heavy atom. The number of carboxylic acid groups (broad SMARTS) is 1. The predicted molar refractivity (Wildman–Crippen MR) is 63.9 cm³/mol. The monoisotopic (exact) mass is 227 g/mol. The van der Waals surface area contributed by atoms with Crippen LogP contribution in [0.15, 0.2) is 36.5 Å². The first-order valence-electron chi connectivity index (χ1n) is 5.30. The van der Waals surface area contributed by atoms with Crippen molar-refractivity contribution < 1.29 is 14.5 Å². The van der Waals surface area contributed by atoms with E-state index in [2.05, 4.69) is 4.98 Å². The summed E-state index contributed by atoms with van der Waals surface area (Å²) in [7, 11) is 1.73. The second kappa shape index (κ2) is 3.31. The van der Waals surface area contributed by atoms with Gasteiger partial charge in [0.1, 0.15) is 12.6 Å². The van der Waals surface area contributed by atoms with Gasteiger partial charge in [-0.15, -0.1) is 0 Å². The summed E-state index contributed by atoms with van der Waals surface area (Å²) < 4.78 is 1.61. The van der Waals surface area contributed by atoms with Crippen LogP contribution >= 0.6 is 0 Å². The summed E-state index contributed by atoms with van der Waals surface area (Å²) in [5.41, 5.74) is 2.24. The molecular weight excluding hydrogens is 216 g/mol. The van der Waals surface area contributed by atoms with Crippen LogP contribution in [0.5, 0.6) is 0 Å². The Kier molecular flexibility index (Phi) is 1.92. The van der Waals surface area contributed by atoms with Crippen molar-refractivity contribution in [3.8, 4) is 0 Å². The molecule has 0 aliphatic rings.